The first-order valence-corrected chi connectivity index (χ1v) is 11.4. The number of hydrogen-bond acceptors (Lipinski definition) is 3. The topological polar surface area (TPSA) is 47.4 Å². The maximum atomic E-state index is 13.5. The highest BCUT2D eigenvalue weighted by Crippen LogP contribution is 2.32. The van der Waals surface area contributed by atoms with E-state index in [0.29, 0.717) is 36.8 Å². The van der Waals surface area contributed by atoms with Crippen molar-refractivity contribution in [2.24, 2.45) is 5.92 Å². The molecule has 2 heterocycles. The molecular weight excluding hydrogens is 405 g/mol. The van der Waals surface area contributed by atoms with Gasteiger partial charge in [0.2, 0.25) is 11.8 Å². The van der Waals surface area contributed by atoms with Crippen LogP contribution >= 0.6 is 0 Å². The number of halogens is 1. The minimum Gasteiger partial charge on any atom is -0.439 e. The van der Waals surface area contributed by atoms with Gasteiger partial charge < -0.3 is 9.64 Å². The molecule has 0 unspecified atom stereocenters. The van der Waals surface area contributed by atoms with Crippen molar-refractivity contribution < 1.29 is 13.9 Å². The monoisotopic (exact) mass is 435 g/mol. The third-order valence-corrected chi connectivity index (χ3v) is 6.11. The number of ether oxygens (including phenoxy) is 1. The average Bonchev–Trinajstić information content (AvgIpc) is 3.16. The van der Waals surface area contributed by atoms with Crippen LogP contribution in [0, 0.1) is 11.7 Å². The number of piperidine rings is 1. The molecule has 4 rings (SSSR count). The maximum absolute atomic E-state index is 13.5. The number of rotatable bonds is 7. The first-order chi connectivity index (χ1) is 15.5. The molecular formula is C26H30FN3O2. The molecule has 0 saturated carbocycles. The van der Waals surface area contributed by atoms with E-state index in [1.807, 2.05) is 42.2 Å². The molecule has 0 aliphatic carbocycles. The van der Waals surface area contributed by atoms with Gasteiger partial charge in [0.25, 0.3) is 0 Å². The van der Waals surface area contributed by atoms with Crippen LogP contribution in [0.2, 0.25) is 0 Å². The lowest BCUT2D eigenvalue weighted by atomic mass is 9.98. The van der Waals surface area contributed by atoms with E-state index >= 15 is 0 Å². The van der Waals surface area contributed by atoms with Gasteiger partial charge in [-0.25, -0.2) is 9.07 Å². The van der Waals surface area contributed by atoms with Gasteiger partial charge in [0.05, 0.1) is 11.4 Å². The summed E-state index contributed by atoms with van der Waals surface area (Å²) in [6, 6.07) is 15.7. The van der Waals surface area contributed by atoms with Crippen LogP contribution in [0.1, 0.15) is 44.4 Å². The lowest BCUT2D eigenvalue weighted by Crippen LogP contribution is -2.38. The molecule has 0 spiro atoms. The summed E-state index contributed by atoms with van der Waals surface area (Å²) in [5.74, 6) is 1.84. The Bertz CT molecular complexity index is 1040. The number of amides is 1. The van der Waals surface area contributed by atoms with Crippen LogP contribution in [0.3, 0.4) is 0 Å². The summed E-state index contributed by atoms with van der Waals surface area (Å²) >= 11 is 0. The van der Waals surface area contributed by atoms with E-state index in [9.17, 15) is 9.18 Å². The molecule has 6 heteroatoms. The summed E-state index contributed by atoms with van der Waals surface area (Å²) in [6.07, 6.45) is 3.82. The summed E-state index contributed by atoms with van der Waals surface area (Å²) in [5.41, 5.74) is 2.54. The summed E-state index contributed by atoms with van der Waals surface area (Å²) in [4.78, 5) is 14.9. The van der Waals surface area contributed by atoms with E-state index in [2.05, 4.69) is 6.92 Å². The van der Waals surface area contributed by atoms with E-state index in [1.54, 1.807) is 16.8 Å². The zero-order valence-corrected chi connectivity index (χ0v) is 18.8. The SMILES string of the molecule is CCc1nn(-c2ccc(F)cc2)c(Oc2ccccc2)c1CCC(=O)N1CCC(C)CC1. The van der Waals surface area contributed by atoms with E-state index in [4.69, 9.17) is 9.84 Å². The van der Waals surface area contributed by atoms with Gasteiger partial charge in [-0.3, -0.25) is 4.79 Å². The number of likely N-dealkylation sites (tertiary alicyclic amines) is 1. The number of aromatic nitrogens is 2. The standard InChI is InChI=1S/C26H30FN3O2/c1-3-24-23(13-14-25(31)29-17-15-19(2)16-18-29)26(32-22-7-5-4-6-8-22)30(28-24)21-11-9-20(27)10-12-21/h4-12,19H,3,13-18H2,1-2H3. The molecule has 1 aromatic heterocycles. The zero-order valence-electron chi connectivity index (χ0n) is 18.8. The average molecular weight is 436 g/mol. The number of para-hydroxylation sites is 1. The molecule has 3 aromatic rings. The van der Waals surface area contributed by atoms with E-state index in [1.165, 1.54) is 12.1 Å². The van der Waals surface area contributed by atoms with Gasteiger partial charge in [-0.15, -0.1) is 0 Å². The summed E-state index contributed by atoms with van der Waals surface area (Å²) in [6.45, 7) is 5.96. The quantitative estimate of drug-likeness (QED) is 0.488. The summed E-state index contributed by atoms with van der Waals surface area (Å²) in [5, 5.41) is 4.77. The van der Waals surface area contributed by atoms with Crippen LogP contribution in [0.15, 0.2) is 54.6 Å². The van der Waals surface area contributed by atoms with Gasteiger partial charge in [0.1, 0.15) is 11.6 Å². The van der Waals surface area contributed by atoms with Gasteiger partial charge in [-0.05, 0) is 68.0 Å². The van der Waals surface area contributed by atoms with Crippen molar-refractivity contribution in [3.05, 3.63) is 71.7 Å². The maximum Gasteiger partial charge on any atom is 0.226 e. The molecule has 0 radical (unpaired) electrons. The Kier molecular flexibility index (Phi) is 6.88. The first kappa shape index (κ1) is 22.1. The van der Waals surface area contributed by atoms with Crippen molar-refractivity contribution >= 4 is 5.91 Å². The molecule has 32 heavy (non-hydrogen) atoms. The van der Waals surface area contributed by atoms with Crippen molar-refractivity contribution in [3.63, 3.8) is 0 Å². The van der Waals surface area contributed by atoms with Crippen LogP contribution in [-0.2, 0) is 17.6 Å². The van der Waals surface area contributed by atoms with E-state index in [0.717, 1.165) is 42.9 Å². The molecule has 2 aromatic carbocycles. The largest absolute Gasteiger partial charge is 0.439 e. The van der Waals surface area contributed by atoms with Crippen LogP contribution in [0.25, 0.3) is 5.69 Å². The first-order valence-electron chi connectivity index (χ1n) is 11.4. The minimum atomic E-state index is -0.302. The summed E-state index contributed by atoms with van der Waals surface area (Å²) in [7, 11) is 0. The number of aryl methyl sites for hydroxylation is 1. The molecule has 1 aliphatic heterocycles. The molecule has 1 amide bonds. The number of nitrogens with zero attached hydrogens (tertiary/aromatic N) is 3. The number of hydrogen-bond donors (Lipinski definition) is 0. The fourth-order valence-corrected chi connectivity index (χ4v) is 4.12. The van der Waals surface area contributed by atoms with Gasteiger partial charge in [-0.1, -0.05) is 32.0 Å². The van der Waals surface area contributed by atoms with Crippen molar-refractivity contribution in [2.75, 3.05) is 13.1 Å². The molecule has 1 aliphatic rings. The minimum absolute atomic E-state index is 0.180. The zero-order chi connectivity index (χ0) is 22.5. The number of benzene rings is 2. The molecule has 0 bridgehead atoms. The summed E-state index contributed by atoms with van der Waals surface area (Å²) < 4.78 is 21.5. The lowest BCUT2D eigenvalue weighted by Gasteiger charge is -2.30. The smallest absolute Gasteiger partial charge is 0.226 e. The van der Waals surface area contributed by atoms with Crippen molar-refractivity contribution in [2.45, 2.75) is 46.0 Å². The highest BCUT2D eigenvalue weighted by molar-refractivity contribution is 5.76. The van der Waals surface area contributed by atoms with E-state index in [-0.39, 0.29) is 11.7 Å². The molecule has 0 atom stereocenters. The molecule has 5 nitrogen and oxygen atoms in total. The van der Waals surface area contributed by atoms with Crippen LogP contribution in [0.4, 0.5) is 4.39 Å². The Balaban J connectivity index is 1.63. The predicted octanol–water partition coefficient (Wildman–Crippen LogP) is 5.56. The lowest BCUT2D eigenvalue weighted by molar-refractivity contribution is -0.132. The Morgan fingerprint density at radius 2 is 1.78 bits per heavy atom. The number of carbonyl (C=O) groups excluding carboxylic acids is 1. The molecule has 1 fully saturated rings. The second-order valence-electron chi connectivity index (χ2n) is 8.45. The fraction of sp³-hybridized carbons (Fsp3) is 0.385. The Hall–Kier alpha value is -3.15. The highest BCUT2D eigenvalue weighted by atomic mass is 19.1. The predicted molar refractivity (Wildman–Crippen MR) is 123 cm³/mol. The van der Waals surface area contributed by atoms with Gasteiger partial charge in [0, 0.05) is 25.1 Å². The van der Waals surface area contributed by atoms with Crippen molar-refractivity contribution in [1.29, 1.82) is 0 Å². The molecule has 1 saturated heterocycles. The Labute approximate surface area is 188 Å². The normalized spacial score (nSPS) is 14.5. The second kappa shape index (κ2) is 9.98. The van der Waals surface area contributed by atoms with Crippen molar-refractivity contribution in [1.82, 2.24) is 14.7 Å². The van der Waals surface area contributed by atoms with E-state index < -0.39 is 0 Å². The van der Waals surface area contributed by atoms with Crippen LogP contribution < -0.4 is 4.74 Å². The third kappa shape index (κ3) is 5.01. The Morgan fingerprint density at radius 1 is 1.09 bits per heavy atom. The highest BCUT2D eigenvalue weighted by Gasteiger charge is 2.24. The fourth-order valence-electron chi connectivity index (χ4n) is 4.12. The number of carbonyl (C=O) groups is 1. The van der Waals surface area contributed by atoms with Crippen molar-refractivity contribution in [3.8, 4) is 17.3 Å². The second-order valence-corrected chi connectivity index (χ2v) is 8.45. The molecule has 168 valence electrons. The van der Waals surface area contributed by atoms with Gasteiger partial charge in [0.15, 0.2) is 0 Å². The van der Waals surface area contributed by atoms with Crippen LogP contribution in [0.5, 0.6) is 11.6 Å². The van der Waals surface area contributed by atoms with Gasteiger partial charge >= 0.3 is 0 Å². The molecule has 0 N–H and O–H groups in total. The third-order valence-electron chi connectivity index (χ3n) is 6.11. The van der Waals surface area contributed by atoms with Gasteiger partial charge in [-0.2, -0.15) is 5.10 Å². The van der Waals surface area contributed by atoms with Crippen LogP contribution in [-0.4, -0.2) is 33.7 Å². The Morgan fingerprint density at radius 3 is 2.44 bits per heavy atom.